The topological polar surface area (TPSA) is 43.6 Å². The average Bonchev–Trinajstić information content (AvgIpc) is 3.24. The highest BCUT2D eigenvalue weighted by molar-refractivity contribution is 9.10. The van der Waals surface area contributed by atoms with Crippen molar-refractivity contribution in [3.8, 4) is 5.75 Å². The molecule has 4 nitrogen and oxygen atoms in total. The SMILES string of the molecule is Cc1cccc(COc2c(Cl)cc(/C=c3\sc4nc5ccccc5n4c3=O)cc2Br)c1. The van der Waals surface area contributed by atoms with Crippen LogP contribution in [-0.2, 0) is 6.61 Å². The number of nitrogens with zero attached hydrogens (tertiary/aromatic N) is 2. The highest BCUT2D eigenvalue weighted by Gasteiger charge is 2.12. The van der Waals surface area contributed by atoms with Crippen molar-refractivity contribution in [3.05, 3.63) is 102 Å². The Kier molecular flexibility index (Phi) is 5.30. The van der Waals surface area contributed by atoms with Crippen molar-refractivity contribution in [1.29, 1.82) is 0 Å². The van der Waals surface area contributed by atoms with Gasteiger partial charge >= 0.3 is 0 Å². The van der Waals surface area contributed by atoms with Gasteiger partial charge in [0.2, 0.25) is 0 Å². The molecule has 0 fully saturated rings. The zero-order valence-electron chi connectivity index (χ0n) is 16.4. The maximum atomic E-state index is 13.0. The lowest BCUT2D eigenvalue weighted by Crippen LogP contribution is -2.22. The summed E-state index contributed by atoms with van der Waals surface area (Å²) in [7, 11) is 0. The van der Waals surface area contributed by atoms with Gasteiger partial charge in [-0.2, -0.15) is 0 Å². The van der Waals surface area contributed by atoms with Gasteiger partial charge in [0, 0.05) is 0 Å². The molecule has 0 unspecified atom stereocenters. The third kappa shape index (κ3) is 3.87. The van der Waals surface area contributed by atoms with Crippen LogP contribution in [0.15, 0.2) is 69.9 Å². The molecule has 5 rings (SSSR count). The molecule has 154 valence electrons. The summed E-state index contributed by atoms with van der Waals surface area (Å²) in [5.41, 5.74) is 4.62. The lowest BCUT2D eigenvalue weighted by atomic mass is 10.1. The number of imidazole rings is 1. The van der Waals surface area contributed by atoms with Gasteiger partial charge in [-0.15, -0.1) is 0 Å². The molecule has 5 aromatic rings. The third-order valence-electron chi connectivity index (χ3n) is 4.93. The Hall–Kier alpha value is -2.67. The van der Waals surface area contributed by atoms with E-state index in [1.54, 1.807) is 10.5 Å². The summed E-state index contributed by atoms with van der Waals surface area (Å²) in [5, 5.41) is 0.479. The number of rotatable bonds is 4. The Balaban J connectivity index is 1.49. The number of ether oxygens (including phenoxy) is 1. The predicted molar refractivity (Wildman–Crippen MR) is 130 cm³/mol. The number of benzene rings is 3. The first-order valence-electron chi connectivity index (χ1n) is 9.59. The van der Waals surface area contributed by atoms with E-state index in [2.05, 4.69) is 27.0 Å². The van der Waals surface area contributed by atoms with Crippen LogP contribution in [0.5, 0.6) is 5.75 Å². The summed E-state index contributed by atoms with van der Waals surface area (Å²) in [4.78, 5) is 18.2. The smallest absolute Gasteiger partial charge is 0.274 e. The molecule has 0 N–H and O–H groups in total. The minimum absolute atomic E-state index is 0.0827. The van der Waals surface area contributed by atoms with E-state index < -0.39 is 0 Å². The predicted octanol–water partition coefficient (Wildman–Crippen LogP) is 5.76. The number of aryl methyl sites for hydroxylation is 1. The van der Waals surface area contributed by atoms with Crippen LogP contribution in [0.25, 0.3) is 22.1 Å². The Labute approximate surface area is 195 Å². The molecule has 0 bridgehead atoms. The number of para-hydroxylation sites is 2. The molecule has 0 atom stereocenters. The molecule has 0 aliphatic rings. The molecule has 0 saturated carbocycles. The van der Waals surface area contributed by atoms with Crippen molar-refractivity contribution in [2.75, 3.05) is 0 Å². The molecular weight excluding hydrogens is 496 g/mol. The van der Waals surface area contributed by atoms with E-state index in [4.69, 9.17) is 16.3 Å². The molecule has 2 aromatic heterocycles. The first kappa shape index (κ1) is 20.2. The summed E-state index contributed by atoms with van der Waals surface area (Å²) in [5.74, 6) is 0.578. The minimum Gasteiger partial charge on any atom is -0.486 e. The van der Waals surface area contributed by atoms with E-state index in [0.29, 0.717) is 26.9 Å². The maximum absolute atomic E-state index is 13.0. The summed E-state index contributed by atoms with van der Waals surface area (Å²) in [6.45, 7) is 2.47. The lowest BCUT2D eigenvalue weighted by molar-refractivity contribution is 0.304. The van der Waals surface area contributed by atoms with E-state index in [1.165, 1.54) is 16.9 Å². The summed E-state index contributed by atoms with van der Waals surface area (Å²) < 4.78 is 8.95. The summed E-state index contributed by atoms with van der Waals surface area (Å²) >= 11 is 11.4. The van der Waals surface area contributed by atoms with Gasteiger partial charge in [-0.25, -0.2) is 9.38 Å². The second-order valence-corrected chi connectivity index (χ2v) is 9.50. The molecule has 0 radical (unpaired) electrons. The van der Waals surface area contributed by atoms with E-state index in [9.17, 15) is 4.79 Å². The Morgan fingerprint density at radius 2 is 2.00 bits per heavy atom. The van der Waals surface area contributed by atoms with Gasteiger partial charge < -0.3 is 4.74 Å². The molecule has 7 heteroatoms. The Morgan fingerprint density at radius 3 is 2.81 bits per heavy atom. The summed E-state index contributed by atoms with van der Waals surface area (Å²) in [6.07, 6.45) is 1.83. The van der Waals surface area contributed by atoms with Crippen LogP contribution < -0.4 is 14.8 Å². The molecule has 0 aliphatic heterocycles. The highest BCUT2D eigenvalue weighted by atomic mass is 79.9. The van der Waals surface area contributed by atoms with E-state index in [0.717, 1.165) is 26.6 Å². The fourth-order valence-electron chi connectivity index (χ4n) is 3.52. The molecule has 2 heterocycles. The van der Waals surface area contributed by atoms with Crippen molar-refractivity contribution < 1.29 is 4.74 Å². The van der Waals surface area contributed by atoms with E-state index in [-0.39, 0.29) is 5.56 Å². The second kappa shape index (κ2) is 8.11. The molecular formula is C24H16BrClN2O2S. The first-order chi connectivity index (χ1) is 15.0. The molecule has 31 heavy (non-hydrogen) atoms. The molecule has 0 spiro atoms. The fraction of sp³-hybridized carbons (Fsp3) is 0.0833. The van der Waals surface area contributed by atoms with Crippen molar-refractivity contribution >= 4 is 60.9 Å². The van der Waals surface area contributed by atoms with Crippen molar-refractivity contribution in [2.24, 2.45) is 0 Å². The van der Waals surface area contributed by atoms with Crippen LogP contribution in [0.3, 0.4) is 0 Å². The highest BCUT2D eigenvalue weighted by Crippen LogP contribution is 2.35. The monoisotopic (exact) mass is 510 g/mol. The van der Waals surface area contributed by atoms with E-state index in [1.807, 2.05) is 61.5 Å². The van der Waals surface area contributed by atoms with Gasteiger partial charge in [-0.3, -0.25) is 4.79 Å². The maximum Gasteiger partial charge on any atom is 0.274 e. The van der Waals surface area contributed by atoms with Crippen molar-refractivity contribution in [3.63, 3.8) is 0 Å². The van der Waals surface area contributed by atoms with Gasteiger partial charge in [0.25, 0.3) is 5.56 Å². The quantitative estimate of drug-likeness (QED) is 0.308. The van der Waals surface area contributed by atoms with E-state index >= 15 is 0 Å². The average molecular weight is 512 g/mol. The number of hydrogen-bond acceptors (Lipinski definition) is 4. The fourth-order valence-corrected chi connectivity index (χ4v) is 5.50. The summed E-state index contributed by atoms with van der Waals surface area (Å²) in [6, 6.07) is 19.5. The molecule has 0 saturated heterocycles. The van der Waals surface area contributed by atoms with Gasteiger partial charge in [-0.05, 0) is 64.3 Å². The minimum atomic E-state index is -0.0827. The van der Waals surface area contributed by atoms with Crippen LogP contribution in [0.4, 0.5) is 0 Å². The van der Waals surface area contributed by atoms with Crippen LogP contribution >= 0.6 is 38.9 Å². The van der Waals surface area contributed by atoms with Gasteiger partial charge in [0.05, 0.1) is 25.1 Å². The molecule has 3 aromatic carbocycles. The number of hydrogen-bond donors (Lipinski definition) is 0. The number of aromatic nitrogens is 2. The van der Waals surface area contributed by atoms with Gasteiger partial charge in [0.1, 0.15) is 6.61 Å². The lowest BCUT2D eigenvalue weighted by Gasteiger charge is -2.11. The van der Waals surface area contributed by atoms with Crippen molar-refractivity contribution in [1.82, 2.24) is 9.38 Å². The van der Waals surface area contributed by atoms with Crippen LogP contribution in [-0.4, -0.2) is 9.38 Å². The standard InChI is InChI=1S/C24H16BrClN2O2S/c1-14-5-4-6-15(9-14)13-30-22-17(25)10-16(11-18(22)26)12-21-23(29)28-20-8-3-2-7-19(20)27-24(28)31-21/h2-12H,13H2,1H3/b21-12-. The van der Waals surface area contributed by atoms with Crippen LogP contribution in [0.1, 0.15) is 16.7 Å². The van der Waals surface area contributed by atoms with Crippen LogP contribution in [0.2, 0.25) is 5.02 Å². The zero-order valence-corrected chi connectivity index (χ0v) is 19.6. The van der Waals surface area contributed by atoms with Crippen LogP contribution in [0, 0.1) is 6.92 Å². The second-order valence-electron chi connectivity index (χ2n) is 7.23. The number of halogens is 2. The van der Waals surface area contributed by atoms with Gasteiger partial charge in [0.15, 0.2) is 10.7 Å². The van der Waals surface area contributed by atoms with Crippen molar-refractivity contribution in [2.45, 2.75) is 13.5 Å². The molecule has 0 amide bonds. The normalized spacial score (nSPS) is 12.2. The first-order valence-corrected chi connectivity index (χ1v) is 11.6. The third-order valence-corrected chi connectivity index (χ3v) is 6.77. The van der Waals surface area contributed by atoms with Gasteiger partial charge in [-0.1, -0.05) is 64.9 Å². The zero-order chi connectivity index (χ0) is 21.5. The Morgan fingerprint density at radius 1 is 1.16 bits per heavy atom. The largest absolute Gasteiger partial charge is 0.486 e. The number of fused-ring (bicyclic) bond motifs is 3. The number of thiazole rings is 1. The Bertz CT molecular complexity index is 1530. The molecule has 0 aliphatic carbocycles.